The summed E-state index contributed by atoms with van der Waals surface area (Å²) in [5.74, 6) is 0. The van der Waals surface area contributed by atoms with Crippen molar-refractivity contribution < 1.29 is 13.2 Å². The van der Waals surface area contributed by atoms with Crippen LogP contribution in [-0.4, -0.2) is 4.57 Å². The van der Waals surface area contributed by atoms with Crippen molar-refractivity contribution in [3.63, 3.8) is 0 Å². The fraction of sp³-hybridized carbons (Fsp3) is 0.429. The third-order valence-electron chi connectivity index (χ3n) is 1.66. The topological polar surface area (TPSA) is 4.93 Å². The number of rotatable bonds is 0. The zero-order valence-corrected chi connectivity index (χ0v) is 6.24. The normalized spacial score (nSPS) is 12.1. The van der Waals surface area contributed by atoms with E-state index in [4.69, 9.17) is 0 Å². The van der Waals surface area contributed by atoms with Gasteiger partial charge >= 0.3 is 6.18 Å². The summed E-state index contributed by atoms with van der Waals surface area (Å²) in [6.07, 6.45) is -4.23. The number of alkyl halides is 3. The van der Waals surface area contributed by atoms with Gasteiger partial charge in [-0.25, -0.2) is 0 Å². The summed E-state index contributed by atoms with van der Waals surface area (Å²) in [4.78, 5) is 0. The zero-order valence-electron chi connectivity index (χ0n) is 6.24. The van der Waals surface area contributed by atoms with Gasteiger partial charge < -0.3 is 4.57 Å². The van der Waals surface area contributed by atoms with Crippen molar-refractivity contribution >= 4 is 0 Å². The SMILES string of the molecule is Cc1ccc(C(F)(F)F)n1C. The Morgan fingerprint density at radius 2 is 1.82 bits per heavy atom. The van der Waals surface area contributed by atoms with Crippen molar-refractivity contribution in [2.24, 2.45) is 7.05 Å². The maximum absolute atomic E-state index is 12.0. The van der Waals surface area contributed by atoms with Gasteiger partial charge in [0.05, 0.1) is 0 Å². The first kappa shape index (κ1) is 8.17. The minimum absolute atomic E-state index is 0.602. The molecule has 0 fully saturated rings. The molecular weight excluding hydrogens is 155 g/mol. The van der Waals surface area contributed by atoms with Gasteiger partial charge in [-0.3, -0.25) is 0 Å². The quantitative estimate of drug-likeness (QED) is 0.553. The highest BCUT2D eigenvalue weighted by Gasteiger charge is 2.33. The van der Waals surface area contributed by atoms with Gasteiger partial charge in [0.1, 0.15) is 5.69 Å². The second-order valence-electron chi connectivity index (χ2n) is 2.42. The van der Waals surface area contributed by atoms with E-state index in [1.165, 1.54) is 13.1 Å². The van der Waals surface area contributed by atoms with Crippen LogP contribution in [0.1, 0.15) is 11.4 Å². The molecule has 0 saturated carbocycles. The van der Waals surface area contributed by atoms with E-state index in [2.05, 4.69) is 0 Å². The van der Waals surface area contributed by atoms with Crippen LogP contribution in [0.15, 0.2) is 12.1 Å². The van der Waals surface area contributed by atoms with Gasteiger partial charge in [-0.05, 0) is 19.1 Å². The molecule has 0 aliphatic heterocycles. The molecule has 4 heteroatoms. The van der Waals surface area contributed by atoms with E-state index < -0.39 is 11.9 Å². The highest BCUT2D eigenvalue weighted by molar-refractivity contribution is 5.16. The second-order valence-corrected chi connectivity index (χ2v) is 2.42. The van der Waals surface area contributed by atoms with E-state index in [0.717, 1.165) is 10.6 Å². The molecule has 0 spiro atoms. The summed E-state index contributed by atoms with van der Waals surface area (Å²) in [5.41, 5.74) is 0.00678. The molecule has 0 aliphatic carbocycles. The molecule has 0 aliphatic rings. The summed E-state index contributed by atoms with van der Waals surface area (Å²) < 4.78 is 37.2. The van der Waals surface area contributed by atoms with Gasteiger partial charge in [-0.1, -0.05) is 0 Å². The molecule has 1 heterocycles. The van der Waals surface area contributed by atoms with E-state index in [9.17, 15) is 13.2 Å². The van der Waals surface area contributed by atoms with E-state index in [-0.39, 0.29) is 0 Å². The molecule has 11 heavy (non-hydrogen) atoms. The zero-order chi connectivity index (χ0) is 8.65. The van der Waals surface area contributed by atoms with Crippen LogP contribution in [0.3, 0.4) is 0 Å². The van der Waals surface area contributed by atoms with Crippen molar-refractivity contribution in [3.05, 3.63) is 23.5 Å². The molecule has 1 rings (SSSR count). The Morgan fingerprint density at radius 1 is 1.27 bits per heavy atom. The lowest BCUT2D eigenvalue weighted by Gasteiger charge is -2.07. The number of halogens is 3. The number of aryl methyl sites for hydroxylation is 1. The molecular formula is C7H8F3N. The average molecular weight is 163 g/mol. The van der Waals surface area contributed by atoms with E-state index in [1.54, 1.807) is 6.92 Å². The summed E-state index contributed by atoms with van der Waals surface area (Å²) in [6.45, 7) is 1.63. The van der Waals surface area contributed by atoms with Gasteiger partial charge in [0, 0.05) is 12.7 Å². The summed E-state index contributed by atoms with van der Waals surface area (Å²) in [7, 11) is 1.40. The van der Waals surface area contributed by atoms with Gasteiger partial charge in [0.2, 0.25) is 0 Å². The third-order valence-corrected chi connectivity index (χ3v) is 1.66. The number of nitrogens with zero attached hydrogens (tertiary/aromatic N) is 1. The Hall–Kier alpha value is -0.930. The standard InChI is InChI=1S/C7H8F3N/c1-5-3-4-6(11(5)2)7(8,9)10/h3-4H,1-2H3. The number of hydrogen-bond acceptors (Lipinski definition) is 0. The Balaban J connectivity index is 3.15. The van der Waals surface area contributed by atoms with Gasteiger partial charge in [-0.2, -0.15) is 13.2 Å². The van der Waals surface area contributed by atoms with Gasteiger partial charge in [0.15, 0.2) is 0 Å². The predicted molar refractivity (Wildman–Crippen MR) is 35.2 cm³/mol. The monoisotopic (exact) mass is 163 g/mol. The lowest BCUT2D eigenvalue weighted by Crippen LogP contribution is -2.11. The molecule has 1 aromatic rings. The molecule has 0 unspecified atom stereocenters. The maximum Gasteiger partial charge on any atom is 0.431 e. The van der Waals surface area contributed by atoms with Crippen LogP contribution < -0.4 is 0 Å². The largest absolute Gasteiger partial charge is 0.431 e. The van der Waals surface area contributed by atoms with Gasteiger partial charge in [0.25, 0.3) is 0 Å². The van der Waals surface area contributed by atoms with Crippen LogP contribution in [0.5, 0.6) is 0 Å². The van der Waals surface area contributed by atoms with Crippen molar-refractivity contribution in [2.75, 3.05) is 0 Å². The van der Waals surface area contributed by atoms with Crippen molar-refractivity contribution in [2.45, 2.75) is 13.1 Å². The van der Waals surface area contributed by atoms with E-state index >= 15 is 0 Å². The van der Waals surface area contributed by atoms with E-state index in [0.29, 0.717) is 5.69 Å². The van der Waals surface area contributed by atoms with Crippen LogP contribution in [-0.2, 0) is 13.2 Å². The van der Waals surface area contributed by atoms with Crippen LogP contribution in [0.2, 0.25) is 0 Å². The highest BCUT2D eigenvalue weighted by Crippen LogP contribution is 2.29. The third kappa shape index (κ3) is 1.39. The lowest BCUT2D eigenvalue weighted by molar-refractivity contribution is -0.143. The fourth-order valence-corrected chi connectivity index (χ4v) is 0.898. The minimum atomic E-state index is -4.23. The summed E-state index contributed by atoms with van der Waals surface area (Å²) >= 11 is 0. The number of hydrogen-bond donors (Lipinski definition) is 0. The average Bonchev–Trinajstić information content (AvgIpc) is 2.11. The van der Waals surface area contributed by atoms with Crippen LogP contribution in [0, 0.1) is 6.92 Å². The molecule has 0 aromatic carbocycles. The maximum atomic E-state index is 12.0. The molecule has 0 saturated heterocycles. The first-order chi connectivity index (χ1) is 4.93. The molecule has 0 bridgehead atoms. The Bertz CT molecular complexity index is 259. The second kappa shape index (κ2) is 2.29. The first-order valence-electron chi connectivity index (χ1n) is 3.12. The highest BCUT2D eigenvalue weighted by atomic mass is 19.4. The van der Waals surface area contributed by atoms with Crippen molar-refractivity contribution in [3.8, 4) is 0 Å². The summed E-state index contributed by atoms with van der Waals surface area (Å²) in [5, 5.41) is 0. The van der Waals surface area contributed by atoms with Crippen molar-refractivity contribution in [1.82, 2.24) is 4.57 Å². The lowest BCUT2D eigenvalue weighted by atomic mass is 10.4. The van der Waals surface area contributed by atoms with E-state index in [1.807, 2.05) is 0 Å². The first-order valence-corrected chi connectivity index (χ1v) is 3.12. The Labute approximate surface area is 62.4 Å². The fourth-order valence-electron chi connectivity index (χ4n) is 0.898. The molecule has 0 radical (unpaired) electrons. The smallest absolute Gasteiger partial charge is 0.344 e. The Kier molecular flexibility index (Phi) is 1.70. The van der Waals surface area contributed by atoms with Crippen LogP contribution >= 0.6 is 0 Å². The molecule has 1 aromatic heterocycles. The molecule has 0 amide bonds. The predicted octanol–water partition coefficient (Wildman–Crippen LogP) is 2.35. The van der Waals surface area contributed by atoms with Gasteiger partial charge in [-0.15, -0.1) is 0 Å². The molecule has 0 atom stereocenters. The summed E-state index contributed by atoms with van der Waals surface area (Å²) in [6, 6.07) is 2.53. The molecule has 1 nitrogen and oxygen atoms in total. The number of aromatic nitrogens is 1. The van der Waals surface area contributed by atoms with Crippen LogP contribution in [0.4, 0.5) is 13.2 Å². The molecule has 0 N–H and O–H groups in total. The van der Waals surface area contributed by atoms with Crippen LogP contribution in [0.25, 0.3) is 0 Å². The Morgan fingerprint density at radius 3 is 2.00 bits per heavy atom. The molecule has 62 valence electrons. The van der Waals surface area contributed by atoms with Crippen molar-refractivity contribution in [1.29, 1.82) is 0 Å². The minimum Gasteiger partial charge on any atom is -0.344 e.